The summed E-state index contributed by atoms with van der Waals surface area (Å²) in [4.78, 5) is 21.5. The maximum absolute atomic E-state index is 11.0. The Bertz CT molecular complexity index is 303. The number of nitrogens with one attached hydrogen (secondary N) is 1. The zero-order valence-corrected chi connectivity index (χ0v) is 6.21. The average molecular weight is 153 g/mol. The highest BCUT2D eigenvalue weighted by molar-refractivity contribution is 6.42. The summed E-state index contributed by atoms with van der Waals surface area (Å²) in [5, 5.41) is 9.40. The van der Waals surface area contributed by atoms with E-state index in [1.165, 1.54) is 6.92 Å². The molecule has 0 saturated heterocycles. The van der Waals surface area contributed by atoms with Gasteiger partial charge in [0.25, 0.3) is 0 Å². The van der Waals surface area contributed by atoms with E-state index in [1.807, 2.05) is 0 Å². The van der Waals surface area contributed by atoms with Gasteiger partial charge in [-0.2, -0.15) is 15.4 Å². The molecule has 0 unspecified atom stereocenters. The minimum atomic E-state index is -0.601. The van der Waals surface area contributed by atoms with Crippen molar-refractivity contribution in [3.8, 4) is 0 Å². The molecule has 1 aromatic rings. The minimum Gasteiger partial charge on any atom is -0.291 e. The first-order chi connectivity index (χ1) is 5.13. The highest BCUT2D eigenvalue weighted by Gasteiger charge is 2.16. The molecule has 1 heterocycles. The monoisotopic (exact) mass is 153 g/mol. The fourth-order valence-corrected chi connectivity index (χ4v) is 0.666. The number of carbonyl (C=O) groups is 2. The zero-order valence-electron chi connectivity index (χ0n) is 6.21. The molecule has 0 aliphatic carbocycles. The molecule has 0 aliphatic heterocycles. The van der Waals surface area contributed by atoms with E-state index >= 15 is 0 Å². The molecule has 0 spiro atoms. The number of carbonyl (C=O) groups excluding carboxylic acids is 2. The molecule has 0 saturated carbocycles. The number of aromatic nitrogens is 3. The van der Waals surface area contributed by atoms with Gasteiger partial charge >= 0.3 is 0 Å². The second kappa shape index (κ2) is 2.61. The van der Waals surface area contributed by atoms with E-state index in [0.29, 0.717) is 5.69 Å². The van der Waals surface area contributed by atoms with Gasteiger partial charge in [0.05, 0.1) is 5.69 Å². The standard InChI is InChI=1S/C6H7N3O2/c1-3-5(8-9-7-3)6(11)4(2)10/h1-2H3,(H,7,8,9). The molecule has 5 heteroatoms. The Hall–Kier alpha value is -1.52. The summed E-state index contributed by atoms with van der Waals surface area (Å²) in [7, 11) is 0. The zero-order chi connectivity index (χ0) is 8.43. The van der Waals surface area contributed by atoms with Crippen molar-refractivity contribution in [3.05, 3.63) is 11.4 Å². The van der Waals surface area contributed by atoms with Gasteiger partial charge in [-0.05, 0) is 6.92 Å². The van der Waals surface area contributed by atoms with E-state index in [0.717, 1.165) is 0 Å². The molecular weight excluding hydrogens is 146 g/mol. The van der Waals surface area contributed by atoms with Gasteiger partial charge in [-0.25, -0.2) is 0 Å². The fraction of sp³-hybridized carbons (Fsp3) is 0.333. The van der Waals surface area contributed by atoms with Gasteiger partial charge in [-0.15, -0.1) is 0 Å². The van der Waals surface area contributed by atoms with Crippen LogP contribution in [0.15, 0.2) is 0 Å². The molecule has 0 aromatic carbocycles. The second-order valence-corrected chi connectivity index (χ2v) is 2.14. The molecule has 0 aliphatic rings. The van der Waals surface area contributed by atoms with Crippen molar-refractivity contribution in [1.82, 2.24) is 15.4 Å². The number of hydrogen-bond donors (Lipinski definition) is 1. The number of aryl methyl sites for hydroxylation is 1. The van der Waals surface area contributed by atoms with Crippen LogP contribution < -0.4 is 0 Å². The number of aromatic amines is 1. The van der Waals surface area contributed by atoms with Crippen molar-refractivity contribution in [2.75, 3.05) is 0 Å². The molecule has 0 bridgehead atoms. The third-order valence-electron chi connectivity index (χ3n) is 1.26. The van der Waals surface area contributed by atoms with Gasteiger partial charge in [0.1, 0.15) is 0 Å². The Labute approximate surface area is 62.8 Å². The Balaban J connectivity index is 3.02. The van der Waals surface area contributed by atoms with Crippen LogP contribution in [0.25, 0.3) is 0 Å². The maximum atomic E-state index is 11.0. The van der Waals surface area contributed by atoms with Crippen LogP contribution in [0.5, 0.6) is 0 Å². The van der Waals surface area contributed by atoms with Crippen LogP contribution in [0.4, 0.5) is 0 Å². The Morgan fingerprint density at radius 2 is 2.00 bits per heavy atom. The number of H-pyrrole nitrogens is 1. The summed E-state index contributed by atoms with van der Waals surface area (Å²) >= 11 is 0. The smallest absolute Gasteiger partial charge is 0.250 e. The summed E-state index contributed by atoms with van der Waals surface area (Å²) in [6.45, 7) is 2.82. The van der Waals surface area contributed by atoms with Crippen molar-refractivity contribution < 1.29 is 9.59 Å². The second-order valence-electron chi connectivity index (χ2n) is 2.14. The van der Waals surface area contributed by atoms with E-state index in [2.05, 4.69) is 15.4 Å². The molecule has 1 N–H and O–H groups in total. The lowest BCUT2D eigenvalue weighted by Gasteiger charge is -1.88. The summed E-state index contributed by atoms with van der Waals surface area (Å²) in [5.74, 6) is -1.13. The predicted molar refractivity (Wildman–Crippen MR) is 36.1 cm³/mol. The molecular formula is C6H7N3O2. The van der Waals surface area contributed by atoms with Gasteiger partial charge in [0.2, 0.25) is 11.6 Å². The molecule has 0 fully saturated rings. The normalized spacial score (nSPS) is 9.64. The highest BCUT2D eigenvalue weighted by Crippen LogP contribution is 1.99. The van der Waals surface area contributed by atoms with E-state index in [4.69, 9.17) is 0 Å². The largest absolute Gasteiger partial charge is 0.291 e. The minimum absolute atomic E-state index is 0.109. The van der Waals surface area contributed by atoms with Gasteiger partial charge in [0, 0.05) is 6.92 Å². The lowest BCUT2D eigenvalue weighted by Crippen LogP contribution is -2.11. The topological polar surface area (TPSA) is 75.7 Å². The van der Waals surface area contributed by atoms with Gasteiger partial charge in [-0.1, -0.05) is 0 Å². The number of ketones is 2. The summed E-state index contributed by atoms with van der Waals surface area (Å²) in [6.07, 6.45) is 0. The molecule has 58 valence electrons. The van der Waals surface area contributed by atoms with Crippen LogP contribution in [0.2, 0.25) is 0 Å². The summed E-state index contributed by atoms with van der Waals surface area (Å²) in [5.41, 5.74) is 0.558. The Kier molecular flexibility index (Phi) is 1.80. The Morgan fingerprint density at radius 1 is 1.36 bits per heavy atom. The van der Waals surface area contributed by atoms with E-state index in [-0.39, 0.29) is 5.69 Å². The molecule has 5 nitrogen and oxygen atoms in total. The lowest BCUT2D eigenvalue weighted by molar-refractivity contribution is -0.113. The van der Waals surface area contributed by atoms with Crippen LogP contribution in [0.3, 0.4) is 0 Å². The summed E-state index contributed by atoms with van der Waals surface area (Å²) in [6, 6.07) is 0. The van der Waals surface area contributed by atoms with Crippen molar-refractivity contribution in [1.29, 1.82) is 0 Å². The summed E-state index contributed by atoms with van der Waals surface area (Å²) < 4.78 is 0. The average Bonchev–Trinajstić information content (AvgIpc) is 2.33. The van der Waals surface area contributed by atoms with Crippen molar-refractivity contribution in [2.24, 2.45) is 0 Å². The number of rotatable bonds is 2. The van der Waals surface area contributed by atoms with Gasteiger partial charge < -0.3 is 0 Å². The molecule has 0 atom stereocenters. The van der Waals surface area contributed by atoms with E-state index < -0.39 is 11.6 Å². The first-order valence-electron chi connectivity index (χ1n) is 3.05. The quantitative estimate of drug-likeness (QED) is 0.475. The number of nitrogens with zero attached hydrogens (tertiary/aromatic N) is 2. The molecule has 11 heavy (non-hydrogen) atoms. The molecule has 0 amide bonds. The third kappa shape index (κ3) is 1.31. The van der Waals surface area contributed by atoms with E-state index in [9.17, 15) is 9.59 Å². The van der Waals surface area contributed by atoms with Crippen molar-refractivity contribution >= 4 is 11.6 Å². The number of hydrogen-bond acceptors (Lipinski definition) is 4. The lowest BCUT2D eigenvalue weighted by atomic mass is 10.2. The molecule has 1 rings (SSSR count). The number of Topliss-reactive ketones (excluding diaryl/α,β-unsaturated/α-hetero) is 2. The third-order valence-corrected chi connectivity index (χ3v) is 1.26. The van der Waals surface area contributed by atoms with Crippen molar-refractivity contribution in [2.45, 2.75) is 13.8 Å². The Morgan fingerprint density at radius 3 is 2.36 bits per heavy atom. The molecule has 1 aromatic heterocycles. The van der Waals surface area contributed by atoms with Gasteiger partial charge in [-0.3, -0.25) is 9.59 Å². The highest BCUT2D eigenvalue weighted by atomic mass is 16.2. The van der Waals surface area contributed by atoms with Crippen molar-refractivity contribution in [3.63, 3.8) is 0 Å². The van der Waals surface area contributed by atoms with Crippen LogP contribution >= 0.6 is 0 Å². The fourth-order valence-electron chi connectivity index (χ4n) is 0.666. The first-order valence-corrected chi connectivity index (χ1v) is 3.05. The van der Waals surface area contributed by atoms with Crippen LogP contribution in [0, 0.1) is 6.92 Å². The first kappa shape index (κ1) is 7.59. The van der Waals surface area contributed by atoms with Gasteiger partial charge in [0.15, 0.2) is 5.69 Å². The van der Waals surface area contributed by atoms with E-state index in [1.54, 1.807) is 6.92 Å². The van der Waals surface area contributed by atoms with Crippen LogP contribution in [-0.4, -0.2) is 27.0 Å². The van der Waals surface area contributed by atoms with Crippen LogP contribution in [0.1, 0.15) is 23.1 Å². The SMILES string of the molecule is CC(=O)C(=O)c1n[nH]nc1C. The van der Waals surface area contributed by atoms with Crippen LogP contribution in [-0.2, 0) is 4.79 Å². The maximum Gasteiger partial charge on any atom is 0.250 e. The predicted octanol–water partition coefficient (Wildman–Crippen LogP) is -0.115. The molecule has 0 radical (unpaired) electrons.